The molecule has 3 N–H and O–H groups in total. The zero-order chi connectivity index (χ0) is 12.0. The number of hydrogen-bond donors (Lipinski definition) is 2. The van der Waals surface area contributed by atoms with E-state index in [9.17, 15) is 0 Å². The van der Waals surface area contributed by atoms with Crippen molar-refractivity contribution in [1.82, 2.24) is 0 Å². The molecule has 0 fully saturated rings. The van der Waals surface area contributed by atoms with Gasteiger partial charge in [-0.25, -0.2) is 0 Å². The molecule has 0 spiro atoms. The van der Waals surface area contributed by atoms with Crippen LogP contribution < -0.4 is 15.2 Å². The third-order valence-electron chi connectivity index (χ3n) is 2.28. The van der Waals surface area contributed by atoms with Gasteiger partial charge in [0.1, 0.15) is 0 Å². The maximum Gasteiger partial charge on any atom is 0.162 e. The van der Waals surface area contributed by atoms with E-state index in [1.807, 2.05) is 0 Å². The van der Waals surface area contributed by atoms with Crippen LogP contribution in [0.4, 0.5) is 5.69 Å². The summed E-state index contributed by atoms with van der Waals surface area (Å²) >= 11 is 0. The van der Waals surface area contributed by atoms with Crippen molar-refractivity contribution in [3.63, 3.8) is 0 Å². The molecule has 0 bridgehead atoms. The van der Waals surface area contributed by atoms with Gasteiger partial charge in [-0.05, 0) is 12.5 Å². The van der Waals surface area contributed by atoms with E-state index in [2.05, 4.69) is 6.92 Å². The van der Waals surface area contributed by atoms with Gasteiger partial charge < -0.3 is 20.6 Å². The van der Waals surface area contributed by atoms with E-state index in [0.717, 1.165) is 12.8 Å². The summed E-state index contributed by atoms with van der Waals surface area (Å²) in [6.07, 6.45) is 3.28. The number of benzene rings is 1. The minimum Gasteiger partial charge on any atom is -0.493 e. The molecule has 0 unspecified atom stereocenters. The van der Waals surface area contributed by atoms with Gasteiger partial charge >= 0.3 is 0 Å². The number of nitrogens with two attached hydrogens (primary N) is 1. The monoisotopic (exact) mass is 222 g/mol. The van der Waals surface area contributed by atoms with E-state index in [1.54, 1.807) is 19.2 Å². The van der Waals surface area contributed by atoms with Crippen molar-refractivity contribution in [2.45, 2.75) is 19.8 Å². The van der Waals surface area contributed by atoms with Crippen LogP contribution in [-0.4, -0.2) is 19.9 Å². The molecule has 88 valence electrons. The van der Waals surface area contributed by atoms with E-state index < -0.39 is 0 Å². The molecule has 0 aliphatic carbocycles. The number of unbranched alkanes of at least 4 members (excludes halogenated alkanes) is 1. The second-order valence-corrected chi connectivity index (χ2v) is 3.48. The molecule has 0 heterocycles. The molecule has 0 saturated carbocycles. The molecule has 0 saturated heterocycles. The van der Waals surface area contributed by atoms with E-state index in [-0.39, 0.29) is 0 Å². The molecule has 1 aromatic rings. The van der Waals surface area contributed by atoms with Gasteiger partial charge in [-0.2, -0.15) is 0 Å². The maximum absolute atomic E-state index is 7.22. The average molecular weight is 222 g/mol. The van der Waals surface area contributed by atoms with Gasteiger partial charge in [-0.1, -0.05) is 13.3 Å². The molecule has 0 aromatic heterocycles. The highest BCUT2D eigenvalue weighted by Crippen LogP contribution is 2.31. The highest BCUT2D eigenvalue weighted by Gasteiger charge is 2.08. The zero-order valence-electron chi connectivity index (χ0n) is 9.75. The predicted octanol–water partition coefficient (Wildman–Crippen LogP) is 2.45. The summed E-state index contributed by atoms with van der Waals surface area (Å²) in [7, 11) is 1.57. The highest BCUT2D eigenvalue weighted by molar-refractivity contribution is 5.86. The topological polar surface area (TPSA) is 68.3 Å². The fourth-order valence-electron chi connectivity index (χ4n) is 1.32. The minimum absolute atomic E-state index is 0.523. The molecule has 1 aromatic carbocycles. The SMILES string of the molecule is CCCCOc1cc(C=N)c(N)cc1OC. The van der Waals surface area contributed by atoms with Crippen LogP contribution in [0.5, 0.6) is 11.5 Å². The van der Waals surface area contributed by atoms with E-state index >= 15 is 0 Å². The molecule has 0 atom stereocenters. The fourth-order valence-corrected chi connectivity index (χ4v) is 1.32. The molecular weight excluding hydrogens is 204 g/mol. The highest BCUT2D eigenvalue weighted by atomic mass is 16.5. The molecule has 0 aliphatic heterocycles. The van der Waals surface area contributed by atoms with Crippen LogP contribution in [0.15, 0.2) is 12.1 Å². The van der Waals surface area contributed by atoms with Crippen molar-refractivity contribution < 1.29 is 9.47 Å². The van der Waals surface area contributed by atoms with Crippen LogP contribution in [-0.2, 0) is 0 Å². The Morgan fingerprint density at radius 1 is 1.38 bits per heavy atom. The van der Waals surface area contributed by atoms with E-state index in [1.165, 1.54) is 6.21 Å². The molecule has 1 rings (SSSR count). The van der Waals surface area contributed by atoms with Gasteiger partial charge in [0.25, 0.3) is 0 Å². The van der Waals surface area contributed by atoms with Gasteiger partial charge in [0.2, 0.25) is 0 Å². The van der Waals surface area contributed by atoms with Crippen molar-refractivity contribution in [2.24, 2.45) is 0 Å². The quantitative estimate of drug-likeness (QED) is 0.441. The number of anilines is 1. The predicted molar refractivity (Wildman–Crippen MR) is 65.7 cm³/mol. The van der Waals surface area contributed by atoms with Crippen LogP contribution in [0.1, 0.15) is 25.3 Å². The van der Waals surface area contributed by atoms with Gasteiger partial charge in [-0.3, -0.25) is 0 Å². The Kier molecular flexibility index (Phi) is 4.64. The summed E-state index contributed by atoms with van der Waals surface area (Å²) in [5, 5.41) is 7.22. The Balaban J connectivity index is 2.91. The fraction of sp³-hybridized carbons (Fsp3) is 0.417. The van der Waals surface area contributed by atoms with Crippen molar-refractivity contribution in [1.29, 1.82) is 5.41 Å². The van der Waals surface area contributed by atoms with Gasteiger partial charge in [0, 0.05) is 23.5 Å². The molecule has 4 heteroatoms. The smallest absolute Gasteiger partial charge is 0.162 e. The lowest BCUT2D eigenvalue weighted by molar-refractivity contribution is 0.288. The lowest BCUT2D eigenvalue weighted by atomic mass is 10.1. The number of ether oxygens (including phenoxy) is 2. The Hall–Kier alpha value is -1.71. The summed E-state index contributed by atoms with van der Waals surface area (Å²) < 4.78 is 10.8. The number of rotatable bonds is 6. The molecule has 0 amide bonds. The Morgan fingerprint density at radius 3 is 2.69 bits per heavy atom. The number of methoxy groups -OCH3 is 1. The molecular formula is C12H18N2O2. The number of hydrogen-bond acceptors (Lipinski definition) is 4. The van der Waals surface area contributed by atoms with E-state index in [4.69, 9.17) is 20.6 Å². The molecule has 4 nitrogen and oxygen atoms in total. The van der Waals surface area contributed by atoms with Crippen LogP contribution in [0, 0.1) is 5.41 Å². The van der Waals surface area contributed by atoms with Gasteiger partial charge in [0.15, 0.2) is 11.5 Å². The van der Waals surface area contributed by atoms with Crippen molar-refractivity contribution in [3.8, 4) is 11.5 Å². The van der Waals surface area contributed by atoms with Crippen molar-refractivity contribution >= 4 is 11.9 Å². The standard InChI is InChI=1S/C12H18N2O2/c1-3-4-5-16-12-6-9(8-13)10(14)7-11(12)15-2/h6-8,13H,3-5,14H2,1-2H3. The number of nitrogens with one attached hydrogen (secondary N) is 1. The summed E-state index contributed by atoms with van der Waals surface area (Å²) in [5.74, 6) is 1.25. The largest absolute Gasteiger partial charge is 0.493 e. The normalized spacial score (nSPS) is 9.88. The minimum atomic E-state index is 0.523. The first-order chi connectivity index (χ1) is 7.72. The van der Waals surface area contributed by atoms with Crippen molar-refractivity contribution in [3.05, 3.63) is 17.7 Å². The summed E-state index contributed by atoms with van der Waals surface area (Å²) in [5.41, 5.74) is 6.91. The van der Waals surface area contributed by atoms with Crippen LogP contribution in [0.3, 0.4) is 0 Å². The average Bonchev–Trinajstić information content (AvgIpc) is 2.30. The first-order valence-corrected chi connectivity index (χ1v) is 5.33. The first-order valence-electron chi connectivity index (χ1n) is 5.33. The Bertz CT molecular complexity index is 364. The summed E-state index contributed by atoms with van der Waals surface area (Å²) in [6.45, 7) is 2.75. The van der Waals surface area contributed by atoms with Crippen LogP contribution >= 0.6 is 0 Å². The second-order valence-electron chi connectivity index (χ2n) is 3.48. The van der Waals surface area contributed by atoms with Crippen molar-refractivity contribution in [2.75, 3.05) is 19.5 Å². The molecule has 16 heavy (non-hydrogen) atoms. The van der Waals surface area contributed by atoms with Gasteiger partial charge in [0.05, 0.1) is 13.7 Å². The Labute approximate surface area is 95.9 Å². The molecule has 0 aliphatic rings. The van der Waals surface area contributed by atoms with Crippen LogP contribution in [0.2, 0.25) is 0 Å². The first kappa shape index (κ1) is 12.4. The Morgan fingerprint density at radius 2 is 2.12 bits per heavy atom. The lowest BCUT2D eigenvalue weighted by Gasteiger charge is -2.12. The van der Waals surface area contributed by atoms with Crippen LogP contribution in [0.25, 0.3) is 0 Å². The number of nitrogen functional groups attached to an aromatic ring is 1. The summed E-state index contributed by atoms with van der Waals surface area (Å²) in [4.78, 5) is 0. The zero-order valence-corrected chi connectivity index (χ0v) is 9.75. The van der Waals surface area contributed by atoms with E-state index in [0.29, 0.717) is 29.4 Å². The second kappa shape index (κ2) is 6.00. The lowest BCUT2D eigenvalue weighted by Crippen LogP contribution is -2.01. The third-order valence-corrected chi connectivity index (χ3v) is 2.28. The van der Waals surface area contributed by atoms with Gasteiger partial charge in [-0.15, -0.1) is 0 Å². The summed E-state index contributed by atoms with van der Waals surface area (Å²) in [6, 6.07) is 3.42. The maximum atomic E-state index is 7.22. The molecule has 0 radical (unpaired) electrons. The third kappa shape index (κ3) is 2.89.